The van der Waals surface area contributed by atoms with Gasteiger partial charge in [0.25, 0.3) is 0 Å². The molecular formula is C8H15NO5. The van der Waals surface area contributed by atoms with Crippen LogP contribution in [-0.4, -0.2) is 51.9 Å². The maximum Gasteiger partial charge on any atom is 0.217 e. The van der Waals surface area contributed by atoms with Crippen molar-refractivity contribution >= 4 is 5.91 Å². The zero-order chi connectivity index (χ0) is 10.9. The molecule has 0 spiro atoms. The molecule has 1 saturated heterocycles. The van der Waals surface area contributed by atoms with Gasteiger partial charge in [-0.05, 0) is 6.92 Å². The Morgan fingerprint density at radius 2 is 1.86 bits per heavy atom. The third-order valence-electron chi connectivity index (χ3n) is 2.23. The summed E-state index contributed by atoms with van der Waals surface area (Å²) < 4.78 is 4.91. The van der Waals surface area contributed by atoms with Gasteiger partial charge in [-0.1, -0.05) is 0 Å². The average molecular weight is 205 g/mol. The number of carbonyl (C=O) groups excluding carboxylic acids is 1. The van der Waals surface area contributed by atoms with Gasteiger partial charge in [-0.15, -0.1) is 0 Å². The van der Waals surface area contributed by atoms with Crippen molar-refractivity contribution in [1.29, 1.82) is 0 Å². The molecule has 1 heterocycles. The van der Waals surface area contributed by atoms with Crippen LogP contribution in [0, 0.1) is 0 Å². The fourth-order valence-corrected chi connectivity index (χ4v) is 1.44. The summed E-state index contributed by atoms with van der Waals surface area (Å²) in [6, 6.07) is -0.987. The number of amides is 1. The minimum absolute atomic E-state index is 0.404. The second-order valence-corrected chi connectivity index (χ2v) is 3.44. The van der Waals surface area contributed by atoms with E-state index in [4.69, 9.17) is 4.74 Å². The van der Waals surface area contributed by atoms with E-state index in [1.165, 1.54) is 13.8 Å². The maximum absolute atomic E-state index is 10.7. The average Bonchev–Trinajstić information content (AvgIpc) is 2.09. The number of aliphatic hydroxyl groups excluding tert-OH is 3. The molecule has 6 heteroatoms. The molecule has 1 rings (SSSR count). The lowest BCUT2D eigenvalue weighted by Crippen LogP contribution is -2.62. The van der Waals surface area contributed by atoms with Gasteiger partial charge in [0, 0.05) is 6.92 Å². The summed E-state index contributed by atoms with van der Waals surface area (Å²) in [6.07, 6.45) is -4.30. The van der Waals surface area contributed by atoms with Crippen LogP contribution < -0.4 is 5.32 Å². The topological polar surface area (TPSA) is 99.0 Å². The summed E-state index contributed by atoms with van der Waals surface area (Å²) in [4.78, 5) is 10.7. The van der Waals surface area contributed by atoms with Crippen LogP contribution in [0.1, 0.15) is 13.8 Å². The Morgan fingerprint density at radius 1 is 1.29 bits per heavy atom. The van der Waals surface area contributed by atoms with Gasteiger partial charge < -0.3 is 25.4 Å². The molecule has 0 aromatic heterocycles. The Hall–Kier alpha value is -0.690. The van der Waals surface area contributed by atoms with E-state index >= 15 is 0 Å². The molecule has 0 aromatic carbocycles. The Bertz CT molecular complexity index is 222. The molecule has 0 radical (unpaired) electrons. The van der Waals surface area contributed by atoms with Crippen molar-refractivity contribution in [2.75, 3.05) is 0 Å². The fraction of sp³-hybridized carbons (Fsp3) is 0.875. The van der Waals surface area contributed by atoms with Gasteiger partial charge in [-0.25, -0.2) is 0 Å². The molecule has 5 atom stereocenters. The third-order valence-corrected chi connectivity index (χ3v) is 2.23. The van der Waals surface area contributed by atoms with E-state index in [-0.39, 0.29) is 0 Å². The van der Waals surface area contributed by atoms with Crippen molar-refractivity contribution in [3.05, 3.63) is 0 Å². The van der Waals surface area contributed by atoms with E-state index in [1.54, 1.807) is 0 Å². The lowest BCUT2D eigenvalue weighted by atomic mass is 9.98. The van der Waals surface area contributed by atoms with Crippen LogP contribution in [0.4, 0.5) is 0 Å². The molecule has 0 aromatic rings. The first kappa shape index (κ1) is 11.4. The van der Waals surface area contributed by atoms with Crippen molar-refractivity contribution in [3.63, 3.8) is 0 Å². The number of carbonyl (C=O) groups is 1. The van der Waals surface area contributed by atoms with Crippen LogP contribution in [0.2, 0.25) is 0 Å². The zero-order valence-electron chi connectivity index (χ0n) is 8.04. The first-order valence-electron chi connectivity index (χ1n) is 4.40. The predicted molar refractivity (Wildman–Crippen MR) is 46.2 cm³/mol. The predicted octanol–water partition coefficient (Wildman–Crippen LogP) is -2.05. The van der Waals surface area contributed by atoms with Crippen molar-refractivity contribution in [2.24, 2.45) is 0 Å². The quantitative estimate of drug-likeness (QED) is 0.395. The molecule has 1 unspecified atom stereocenters. The molecule has 1 amide bonds. The molecular weight excluding hydrogens is 190 g/mol. The highest BCUT2D eigenvalue weighted by atomic mass is 16.6. The largest absolute Gasteiger partial charge is 0.388 e. The minimum atomic E-state index is -1.30. The van der Waals surface area contributed by atoms with Crippen molar-refractivity contribution in [2.45, 2.75) is 44.5 Å². The van der Waals surface area contributed by atoms with E-state index in [0.29, 0.717) is 0 Å². The fourth-order valence-electron chi connectivity index (χ4n) is 1.44. The number of hydrogen-bond donors (Lipinski definition) is 4. The molecule has 4 N–H and O–H groups in total. The third kappa shape index (κ3) is 2.21. The monoisotopic (exact) mass is 205 g/mol. The lowest BCUT2D eigenvalue weighted by molar-refractivity contribution is -0.242. The van der Waals surface area contributed by atoms with Crippen LogP contribution in [-0.2, 0) is 9.53 Å². The highest BCUT2D eigenvalue weighted by molar-refractivity contribution is 5.73. The smallest absolute Gasteiger partial charge is 0.217 e. The summed E-state index contributed by atoms with van der Waals surface area (Å²) in [5.74, 6) is -0.404. The van der Waals surface area contributed by atoms with E-state index in [0.717, 1.165) is 0 Å². The Morgan fingerprint density at radius 3 is 2.36 bits per heavy atom. The Labute approximate surface area is 81.5 Å². The number of hydrogen-bond acceptors (Lipinski definition) is 5. The second-order valence-electron chi connectivity index (χ2n) is 3.44. The second kappa shape index (κ2) is 4.22. The van der Waals surface area contributed by atoms with Gasteiger partial charge in [0.2, 0.25) is 5.91 Å². The molecule has 82 valence electrons. The molecule has 0 aliphatic carbocycles. The summed E-state index contributed by atoms with van der Waals surface area (Å²) >= 11 is 0. The minimum Gasteiger partial charge on any atom is -0.388 e. The molecule has 6 nitrogen and oxygen atoms in total. The number of aliphatic hydroxyl groups is 3. The summed E-state index contributed by atoms with van der Waals surface area (Å²) in [7, 11) is 0. The van der Waals surface area contributed by atoms with Gasteiger partial charge in [0.1, 0.15) is 18.2 Å². The van der Waals surface area contributed by atoms with Gasteiger partial charge in [-0.2, -0.15) is 0 Å². The van der Waals surface area contributed by atoms with E-state index in [9.17, 15) is 20.1 Å². The zero-order valence-corrected chi connectivity index (χ0v) is 8.04. The van der Waals surface area contributed by atoms with Crippen LogP contribution in [0.5, 0.6) is 0 Å². The summed E-state index contributed by atoms with van der Waals surface area (Å²) in [6.45, 7) is 2.78. The van der Waals surface area contributed by atoms with Crippen molar-refractivity contribution in [1.82, 2.24) is 5.32 Å². The normalized spacial score (nSPS) is 43.4. The number of nitrogens with one attached hydrogen (secondary N) is 1. The van der Waals surface area contributed by atoms with E-state index in [2.05, 4.69) is 5.32 Å². The molecule has 0 bridgehead atoms. The highest BCUT2D eigenvalue weighted by Crippen LogP contribution is 2.19. The Kier molecular flexibility index (Phi) is 3.43. The van der Waals surface area contributed by atoms with E-state index in [1.807, 2.05) is 0 Å². The van der Waals surface area contributed by atoms with Crippen LogP contribution in [0.15, 0.2) is 0 Å². The maximum atomic E-state index is 10.7. The van der Waals surface area contributed by atoms with Crippen LogP contribution >= 0.6 is 0 Å². The molecule has 0 saturated carbocycles. The first-order valence-corrected chi connectivity index (χ1v) is 4.40. The standard InChI is InChI=1S/C8H15NO5/c1-3-6(11)7(12)5(8(13)14-3)9-4(2)10/h3,5-8,11-13H,1-2H3,(H,9,10)/t3-,5+,6+,7-,8?/m0/s1. The number of ether oxygens (including phenoxy) is 1. The highest BCUT2D eigenvalue weighted by Gasteiger charge is 2.42. The lowest BCUT2D eigenvalue weighted by Gasteiger charge is -2.39. The Balaban J connectivity index is 2.68. The summed E-state index contributed by atoms with van der Waals surface area (Å²) in [5.41, 5.74) is 0. The van der Waals surface area contributed by atoms with Gasteiger partial charge in [0.05, 0.1) is 6.10 Å². The molecule has 1 fully saturated rings. The van der Waals surface area contributed by atoms with E-state index < -0.39 is 36.6 Å². The molecule has 1 aliphatic rings. The molecule has 14 heavy (non-hydrogen) atoms. The summed E-state index contributed by atoms with van der Waals surface area (Å²) in [5, 5.41) is 30.6. The van der Waals surface area contributed by atoms with Crippen LogP contribution in [0.25, 0.3) is 0 Å². The number of rotatable bonds is 1. The van der Waals surface area contributed by atoms with Crippen molar-refractivity contribution < 1.29 is 24.9 Å². The van der Waals surface area contributed by atoms with Gasteiger partial charge >= 0.3 is 0 Å². The van der Waals surface area contributed by atoms with Crippen LogP contribution in [0.3, 0.4) is 0 Å². The SMILES string of the molecule is CC(=O)N[C@H]1C(O)O[C@@H](C)[C@@H](O)[C@H]1O. The molecule has 1 aliphatic heterocycles. The van der Waals surface area contributed by atoms with Gasteiger partial charge in [0.15, 0.2) is 6.29 Å². The van der Waals surface area contributed by atoms with Gasteiger partial charge in [-0.3, -0.25) is 4.79 Å². The first-order chi connectivity index (χ1) is 6.43. The van der Waals surface area contributed by atoms with Crippen molar-refractivity contribution in [3.8, 4) is 0 Å².